The van der Waals surface area contributed by atoms with Crippen LogP contribution in [0.4, 0.5) is 0 Å². The van der Waals surface area contributed by atoms with E-state index in [0.717, 1.165) is 32.2 Å². The molecule has 1 fully saturated rings. The largest absolute Gasteiger partial charge is 0.302 e. The molecule has 1 heterocycles. The van der Waals surface area contributed by atoms with E-state index in [1.165, 1.54) is 0 Å². The van der Waals surface area contributed by atoms with Gasteiger partial charge < -0.3 is 10.2 Å². The van der Waals surface area contributed by atoms with E-state index < -0.39 is 15.4 Å². The number of rotatable bonds is 7. The summed E-state index contributed by atoms with van der Waals surface area (Å²) >= 11 is 0. The van der Waals surface area contributed by atoms with Crippen LogP contribution in [0.2, 0.25) is 0 Å². The van der Waals surface area contributed by atoms with Crippen molar-refractivity contribution in [1.82, 2.24) is 10.2 Å². The molecule has 0 saturated carbocycles. The van der Waals surface area contributed by atoms with Crippen molar-refractivity contribution in [3.05, 3.63) is 0 Å². The summed E-state index contributed by atoms with van der Waals surface area (Å²) in [7, 11) is 0.982. The summed E-state index contributed by atoms with van der Waals surface area (Å²) in [5.41, 5.74) is -0.442. The van der Waals surface area contributed by atoms with Gasteiger partial charge in [0.05, 0.1) is 17.6 Å². The molecule has 2 atom stereocenters. The highest BCUT2D eigenvalue weighted by atomic mass is 32.2. The summed E-state index contributed by atoms with van der Waals surface area (Å²) in [5.74, 6) is 0.600. The van der Waals surface area contributed by atoms with Crippen molar-refractivity contribution < 1.29 is 8.42 Å². The normalized spacial score (nSPS) is 25.1. The summed E-state index contributed by atoms with van der Waals surface area (Å²) in [6.07, 6.45) is 3.21. The van der Waals surface area contributed by atoms with E-state index >= 15 is 0 Å². The van der Waals surface area contributed by atoms with Crippen LogP contribution in [0.15, 0.2) is 0 Å². The molecule has 0 bridgehead atoms. The van der Waals surface area contributed by atoms with Crippen molar-refractivity contribution in [2.45, 2.75) is 44.2 Å². The second kappa shape index (κ2) is 6.69. The van der Waals surface area contributed by atoms with Gasteiger partial charge in [0, 0.05) is 6.04 Å². The van der Waals surface area contributed by atoms with Crippen LogP contribution in [-0.4, -0.2) is 57.0 Å². The fraction of sp³-hybridized carbons (Fsp3) is 0.923. The van der Waals surface area contributed by atoms with Gasteiger partial charge in [0.1, 0.15) is 5.54 Å². The lowest BCUT2D eigenvalue weighted by Crippen LogP contribution is -2.42. The molecular formula is C13H25N3O2S. The summed E-state index contributed by atoms with van der Waals surface area (Å²) in [6, 6.07) is 2.50. The Morgan fingerprint density at radius 2 is 2.21 bits per heavy atom. The second-order valence-electron chi connectivity index (χ2n) is 5.44. The van der Waals surface area contributed by atoms with Gasteiger partial charge in [-0.3, -0.25) is 0 Å². The highest BCUT2D eigenvalue weighted by Crippen LogP contribution is 2.19. The van der Waals surface area contributed by atoms with Crippen LogP contribution in [0, 0.1) is 11.3 Å². The molecule has 0 radical (unpaired) electrons. The van der Waals surface area contributed by atoms with Gasteiger partial charge in [-0.15, -0.1) is 0 Å². The third-order valence-electron chi connectivity index (χ3n) is 4.24. The van der Waals surface area contributed by atoms with Crippen molar-refractivity contribution in [2.75, 3.05) is 32.1 Å². The average molecular weight is 287 g/mol. The Morgan fingerprint density at radius 3 is 2.63 bits per heavy atom. The van der Waals surface area contributed by atoms with Gasteiger partial charge >= 0.3 is 0 Å². The van der Waals surface area contributed by atoms with Gasteiger partial charge in [0.25, 0.3) is 0 Å². The number of nitrogens with zero attached hydrogens (tertiary/aromatic N) is 2. The molecule has 2 unspecified atom stereocenters. The fourth-order valence-corrected chi connectivity index (χ4v) is 4.41. The topological polar surface area (TPSA) is 73.2 Å². The maximum absolute atomic E-state index is 11.4. The number of hydrogen-bond acceptors (Lipinski definition) is 5. The van der Waals surface area contributed by atoms with Crippen molar-refractivity contribution >= 4 is 9.84 Å². The molecule has 1 aliphatic heterocycles. The molecule has 1 N–H and O–H groups in total. The van der Waals surface area contributed by atoms with Crippen LogP contribution in [0.3, 0.4) is 0 Å². The third-order valence-corrected chi connectivity index (χ3v) is 5.99. The number of hydrogen-bond donors (Lipinski definition) is 1. The molecule has 0 aromatic heterocycles. The zero-order chi connectivity index (χ0) is 14.5. The van der Waals surface area contributed by atoms with Crippen LogP contribution < -0.4 is 5.32 Å². The lowest BCUT2D eigenvalue weighted by atomic mass is 9.92. The molecule has 0 aromatic rings. The molecule has 1 saturated heterocycles. The minimum Gasteiger partial charge on any atom is -0.302 e. The molecule has 1 aliphatic rings. The Labute approximate surface area is 116 Å². The summed E-state index contributed by atoms with van der Waals surface area (Å²) in [5, 5.41) is 12.3. The van der Waals surface area contributed by atoms with Crippen molar-refractivity contribution in [3.8, 4) is 6.07 Å². The van der Waals surface area contributed by atoms with Gasteiger partial charge in [-0.2, -0.15) is 5.26 Å². The quantitative estimate of drug-likeness (QED) is 0.749. The maximum atomic E-state index is 11.4. The third kappa shape index (κ3) is 4.44. The molecule has 19 heavy (non-hydrogen) atoms. The summed E-state index contributed by atoms with van der Waals surface area (Å²) in [4.78, 5) is 2.12. The first-order valence-corrected chi connectivity index (χ1v) is 8.71. The van der Waals surface area contributed by atoms with Crippen LogP contribution >= 0.6 is 0 Å². The molecular weight excluding hydrogens is 262 g/mol. The smallest absolute Gasteiger partial charge is 0.151 e. The molecule has 6 heteroatoms. The summed E-state index contributed by atoms with van der Waals surface area (Å²) in [6.45, 7) is 2.85. The van der Waals surface area contributed by atoms with Gasteiger partial charge in [0.15, 0.2) is 9.84 Å². The Bertz CT molecular complexity index is 424. The lowest BCUT2D eigenvalue weighted by Gasteiger charge is -2.27. The highest BCUT2D eigenvalue weighted by molar-refractivity contribution is 7.91. The molecule has 0 spiro atoms. The van der Waals surface area contributed by atoms with Crippen LogP contribution in [-0.2, 0) is 9.84 Å². The molecule has 0 aromatic carbocycles. The van der Waals surface area contributed by atoms with Crippen LogP contribution in [0.5, 0.6) is 0 Å². The van der Waals surface area contributed by atoms with E-state index in [9.17, 15) is 13.7 Å². The van der Waals surface area contributed by atoms with Crippen molar-refractivity contribution in [1.29, 1.82) is 5.26 Å². The summed E-state index contributed by atoms with van der Waals surface area (Å²) < 4.78 is 22.9. The molecule has 1 rings (SSSR count). The Morgan fingerprint density at radius 1 is 1.53 bits per heavy atom. The Hall–Kier alpha value is -0.640. The van der Waals surface area contributed by atoms with E-state index in [2.05, 4.69) is 16.3 Å². The first-order valence-electron chi connectivity index (χ1n) is 6.89. The lowest BCUT2D eigenvalue weighted by molar-refractivity contribution is 0.245. The first kappa shape index (κ1) is 16.4. The van der Waals surface area contributed by atoms with Crippen LogP contribution in [0.1, 0.15) is 32.6 Å². The monoisotopic (exact) mass is 287 g/mol. The van der Waals surface area contributed by atoms with Crippen molar-refractivity contribution in [2.24, 2.45) is 0 Å². The fourth-order valence-electron chi connectivity index (χ4n) is 2.61. The molecule has 5 nitrogen and oxygen atoms in total. The molecule has 110 valence electrons. The van der Waals surface area contributed by atoms with E-state index in [1.54, 1.807) is 0 Å². The Kier molecular flexibility index (Phi) is 5.78. The predicted octanol–water partition coefficient (Wildman–Crippen LogP) is 0.777. The number of sulfone groups is 1. The van der Waals surface area contributed by atoms with E-state index in [4.69, 9.17) is 0 Å². The van der Waals surface area contributed by atoms with Gasteiger partial charge in [-0.05, 0) is 46.3 Å². The van der Waals surface area contributed by atoms with Crippen molar-refractivity contribution in [3.63, 3.8) is 0 Å². The Balaban J connectivity index is 2.39. The van der Waals surface area contributed by atoms with Gasteiger partial charge in [-0.1, -0.05) is 6.92 Å². The number of nitrogens with one attached hydrogen (secondary N) is 1. The minimum absolute atomic E-state index is 0.151. The zero-order valence-corrected chi connectivity index (χ0v) is 13.0. The van der Waals surface area contributed by atoms with E-state index in [0.29, 0.717) is 5.75 Å². The second-order valence-corrected chi connectivity index (χ2v) is 7.67. The zero-order valence-electron chi connectivity index (χ0n) is 12.1. The van der Waals surface area contributed by atoms with E-state index in [1.807, 2.05) is 21.0 Å². The molecule has 0 amide bonds. The average Bonchev–Trinajstić information content (AvgIpc) is 2.75. The predicted molar refractivity (Wildman–Crippen MR) is 76.6 cm³/mol. The SMILES string of the molecule is CCC(C#N)(CCCN(C)C1CCS(=O)(=O)C1)NC. The maximum Gasteiger partial charge on any atom is 0.151 e. The minimum atomic E-state index is -2.81. The van der Waals surface area contributed by atoms with Gasteiger partial charge in [-0.25, -0.2) is 8.42 Å². The van der Waals surface area contributed by atoms with E-state index in [-0.39, 0.29) is 11.8 Å². The number of nitriles is 1. The standard InChI is InChI=1S/C13H25N3O2S/c1-4-13(11-14,15-2)7-5-8-16(3)12-6-9-19(17,18)10-12/h12,15H,4-10H2,1-3H3. The van der Waals surface area contributed by atoms with Crippen LogP contribution in [0.25, 0.3) is 0 Å². The first-order chi connectivity index (χ1) is 8.88. The van der Waals surface area contributed by atoms with Gasteiger partial charge in [0.2, 0.25) is 0 Å². The molecule has 0 aliphatic carbocycles. The highest BCUT2D eigenvalue weighted by Gasteiger charge is 2.31.